The fraction of sp³-hybridized carbons (Fsp3) is 0.353. The second kappa shape index (κ2) is 6.59. The minimum absolute atomic E-state index is 0.912. The lowest BCUT2D eigenvalue weighted by molar-refractivity contribution is 0.250. The molecule has 4 heteroatoms. The normalized spacial score (nSPS) is 16.0. The van der Waals surface area contributed by atoms with Crippen molar-refractivity contribution >= 4 is 5.69 Å². The maximum absolute atomic E-state index is 5.21. The molecule has 3 rings (SSSR count). The largest absolute Gasteiger partial charge is 0.497 e. The molecule has 0 saturated carbocycles. The smallest absolute Gasteiger partial charge is 0.119 e. The molecule has 0 bridgehead atoms. The molecular formula is C17H21N3O. The lowest BCUT2D eigenvalue weighted by atomic mass is 10.2. The number of rotatable bonds is 4. The Morgan fingerprint density at radius 3 is 2.24 bits per heavy atom. The molecular weight excluding hydrogens is 262 g/mol. The molecule has 0 atom stereocenters. The molecule has 0 aliphatic carbocycles. The molecule has 2 aromatic rings. The Bertz CT molecular complexity index is 548. The van der Waals surface area contributed by atoms with Gasteiger partial charge in [-0.3, -0.25) is 9.88 Å². The fourth-order valence-electron chi connectivity index (χ4n) is 2.70. The Labute approximate surface area is 126 Å². The number of methoxy groups -OCH3 is 1. The summed E-state index contributed by atoms with van der Waals surface area (Å²) in [5.74, 6) is 0.912. The van der Waals surface area contributed by atoms with Gasteiger partial charge in [0.2, 0.25) is 0 Å². The highest BCUT2D eigenvalue weighted by atomic mass is 16.5. The zero-order chi connectivity index (χ0) is 14.5. The zero-order valence-corrected chi connectivity index (χ0v) is 12.4. The highest BCUT2D eigenvalue weighted by Crippen LogP contribution is 2.20. The van der Waals surface area contributed by atoms with Crippen molar-refractivity contribution in [2.75, 3.05) is 38.2 Å². The maximum Gasteiger partial charge on any atom is 0.119 e. The van der Waals surface area contributed by atoms with Crippen LogP contribution in [0.15, 0.2) is 48.8 Å². The number of piperazine rings is 1. The van der Waals surface area contributed by atoms with Crippen molar-refractivity contribution in [1.29, 1.82) is 0 Å². The molecule has 21 heavy (non-hydrogen) atoms. The van der Waals surface area contributed by atoms with E-state index in [4.69, 9.17) is 4.74 Å². The topological polar surface area (TPSA) is 28.6 Å². The molecule has 0 radical (unpaired) electrons. The molecule has 0 unspecified atom stereocenters. The van der Waals surface area contributed by atoms with Gasteiger partial charge in [-0.25, -0.2) is 0 Å². The molecule has 1 aliphatic rings. The lowest BCUT2D eigenvalue weighted by Gasteiger charge is -2.36. The van der Waals surface area contributed by atoms with Crippen molar-refractivity contribution in [3.63, 3.8) is 0 Å². The predicted molar refractivity (Wildman–Crippen MR) is 84.7 cm³/mol. The van der Waals surface area contributed by atoms with E-state index in [1.54, 1.807) is 7.11 Å². The third-order valence-corrected chi connectivity index (χ3v) is 3.97. The van der Waals surface area contributed by atoms with Gasteiger partial charge in [0.1, 0.15) is 5.75 Å². The van der Waals surface area contributed by atoms with E-state index in [0.29, 0.717) is 0 Å². The van der Waals surface area contributed by atoms with E-state index >= 15 is 0 Å². The van der Waals surface area contributed by atoms with Crippen LogP contribution in [-0.2, 0) is 6.54 Å². The summed E-state index contributed by atoms with van der Waals surface area (Å²) in [6.45, 7) is 5.33. The minimum atomic E-state index is 0.912. The van der Waals surface area contributed by atoms with Crippen molar-refractivity contribution in [2.24, 2.45) is 0 Å². The van der Waals surface area contributed by atoms with Crippen LogP contribution in [0.2, 0.25) is 0 Å². The first-order valence-corrected chi connectivity index (χ1v) is 7.35. The highest BCUT2D eigenvalue weighted by Gasteiger charge is 2.17. The molecule has 1 aliphatic heterocycles. The molecule has 1 fully saturated rings. The first-order valence-electron chi connectivity index (χ1n) is 7.35. The highest BCUT2D eigenvalue weighted by molar-refractivity contribution is 5.49. The molecule has 0 amide bonds. The van der Waals surface area contributed by atoms with Gasteiger partial charge in [-0.05, 0) is 42.0 Å². The van der Waals surface area contributed by atoms with Crippen LogP contribution in [0.25, 0.3) is 0 Å². The molecule has 2 heterocycles. The van der Waals surface area contributed by atoms with E-state index in [2.05, 4.69) is 39.0 Å². The third kappa shape index (κ3) is 3.52. The SMILES string of the molecule is COc1ccc(N2CCN(Cc3ccncc3)CC2)cc1. The summed E-state index contributed by atoms with van der Waals surface area (Å²) >= 11 is 0. The van der Waals surface area contributed by atoms with E-state index in [1.807, 2.05) is 24.5 Å². The predicted octanol–water partition coefficient (Wildman–Crippen LogP) is 2.41. The Hall–Kier alpha value is -2.07. The number of nitrogens with zero attached hydrogens (tertiary/aromatic N) is 3. The summed E-state index contributed by atoms with van der Waals surface area (Å²) in [7, 11) is 1.70. The van der Waals surface area contributed by atoms with Gasteiger partial charge in [-0.15, -0.1) is 0 Å². The van der Waals surface area contributed by atoms with Crippen molar-refractivity contribution in [3.8, 4) is 5.75 Å². The minimum Gasteiger partial charge on any atom is -0.497 e. The Morgan fingerprint density at radius 2 is 1.62 bits per heavy atom. The number of pyridine rings is 1. The summed E-state index contributed by atoms with van der Waals surface area (Å²) in [6.07, 6.45) is 3.73. The average molecular weight is 283 g/mol. The van der Waals surface area contributed by atoms with Crippen LogP contribution in [0, 0.1) is 0 Å². The number of ether oxygens (including phenoxy) is 1. The molecule has 1 aromatic heterocycles. The molecule has 1 saturated heterocycles. The fourth-order valence-corrected chi connectivity index (χ4v) is 2.70. The van der Waals surface area contributed by atoms with Crippen molar-refractivity contribution < 1.29 is 4.74 Å². The van der Waals surface area contributed by atoms with Gasteiger partial charge in [-0.2, -0.15) is 0 Å². The second-order valence-electron chi connectivity index (χ2n) is 5.32. The van der Waals surface area contributed by atoms with Gasteiger partial charge in [-0.1, -0.05) is 0 Å². The quantitative estimate of drug-likeness (QED) is 0.861. The molecule has 0 spiro atoms. The van der Waals surface area contributed by atoms with Gasteiger partial charge in [0, 0.05) is 50.8 Å². The summed E-state index contributed by atoms with van der Waals surface area (Å²) in [4.78, 5) is 9.00. The maximum atomic E-state index is 5.21. The Balaban J connectivity index is 1.54. The van der Waals surface area contributed by atoms with Crippen LogP contribution in [-0.4, -0.2) is 43.2 Å². The van der Waals surface area contributed by atoms with Crippen molar-refractivity contribution in [3.05, 3.63) is 54.4 Å². The van der Waals surface area contributed by atoms with Crippen LogP contribution in [0.4, 0.5) is 5.69 Å². The number of anilines is 1. The van der Waals surface area contributed by atoms with Crippen LogP contribution in [0.1, 0.15) is 5.56 Å². The number of hydrogen-bond acceptors (Lipinski definition) is 4. The standard InChI is InChI=1S/C17H21N3O/c1-21-17-4-2-16(3-5-17)20-12-10-19(11-13-20)14-15-6-8-18-9-7-15/h2-9H,10-14H2,1H3. The Morgan fingerprint density at radius 1 is 0.952 bits per heavy atom. The molecule has 0 N–H and O–H groups in total. The van der Waals surface area contributed by atoms with Gasteiger partial charge in [0.15, 0.2) is 0 Å². The third-order valence-electron chi connectivity index (χ3n) is 3.97. The summed E-state index contributed by atoms with van der Waals surface area (Å²) in [6, 6.07) is 12.5. The van der Waals surface area contributed by atoms with Crippen LogP contribution < -0.4 is 9.64 Å². The summed E-state index contributed by atoms with van der Waals surface area (Å²) < 4.78 is 5.21. The van der Waals surface area contributed by atoms with Gasteiger partial charge in [0.25, 0.3) is 0 Å². The van der Waals surface area contributed by atoms with Crippen LogP contribution >= 0.6 is 0 Å². The van der Waals surface area contributed by atoms with E-state index in [-0.39, 0.29) is 0 Å². The monoisotopic (exact) mass is 283 g/mol. The first-order chi connectivity index (χ1) is 10.3. The zero-order valence-electron chi connectivity index (χ0n) is 12.4. The molecule has 110 valence electrons. The van der Waals surface area contributed by atoms with Crippen LogP contribution in [0.3, 0.4) is 0 Å². The van der Waals surface area contributed by atoms with Gasteiger partial charge in [0.05, 0.1) is 7.11 Å². The number of hydrogen-bond donors (Lipinski definition) is 0. The number of aromatic nitrogens is 1. The molecule has 4 nitrogen and oxygen atoms in total. The van der Waals surface area contributed by atoms with Gasteiger partial charge < -0.3 is 9.64 Å². The first kappa shape index (κ1) is 13.9. The van der Waals surface area contributed by atoms with E-state index in [1.165, 1.54) is 11.3 Å². The van der Waals surface area contributed by atoms with E-state index < -0.39 is 0 Å². The van der Waals surface area contributed by atoms with Crippen LogP contribution in [0.5, 0.6) is 5.75 Å². The summed E-state index contributed by atoms with van der Waals surface area (Å²) in [5.41, 5.74) is 2.61. The number of benzene rings is 1. The summed E-state index contributed by atoms with van der Waals surface area (Å²) in [5, 5.41) is 0. The Kier molecular flexibility index (Phi) is 4.36. The van der Waals surface area contributed by atoms with Gasteiger partial charge >= 0.3 is 0 Å². The molecule has 1 aromatic carbocycles. The van der Waals surface area contributed by atoms with E-state index in [9.17, 15) is 0 Å². The van der Waals surface area contributed by atoms with Crippen molar-refractivity contribution in [1.82, 2.24) is 9.88 Å². The average Bonchev–Trinajstić information content (AvgIpc) is 2.57. The van der Waals surface area contributed by atoms with E-state index in [0.717, 1.165) is 38.5 Å². The van der Waals surface area contributed by atoms with Crippen molar-refractivity contribution in [2.45, 2.75) is 6.54 Å². The lowest BCUT2D eigenvalue weighted by Crippen LogP contribution is -2.45. The second-order valence-corrected chi connectivity index (χ2v) is 5.32.